The molecule has 0 radical (unpaired) electrons. The maximum absolute atomic E-state index is 9.48. The van der Waals surface area contributed by atoms with Crippen LogP contribution in [-0.2, 0) is 4.74 Å². The Morgan fingerprint density at radius 1 is 1.12 bits per heavy atom. The van der Waals surface area contributed by atoms with Crippen molar-refractivity contribution in [3.8, 4) is 6.07 Å². The molecule has 2 aliphatic heterocycles. The summed E-state index contributed by atoms with van der Waals surface area (Å²) in [5, 5.41) is 10.5. The molecule has 176 valence electrons. The van der Waals surface area contributed by atoms with Crippen molar-refractivity contribution in [3.05, 3.63) is 53.9 Å². The number of rotatable bonds is 4. The SMILES string of the molecule is Cc1cc(N2CCN(C[C@H]3CN(c4ccc(C#N)c5ncccc45)C[C@@H](C)O3)CC2)cc(N)n1. The highest BCUT2D eigenvalue weighted by Crippen LogP contribution is 2.30. The third-order valence-electron chi connectivity index (χ3n) is 6.69. The molecule has 2 aliphatic rings. The normalized spacial score (nSPS) is 21.6. The van der Waals surface area contributed by atoms with Crippen LogP contribution in [0, 0.1) is 18.3 Å². The Bertz CT molecular complexity index is 1200. The van der Waals surface area contributed by atoms with E-state index in [1.165, 1.54) is 0 Å². The molecule has 2 saturated heterocycles. The van der Waals surface area contributed by atoms with E-state index in [9.17, 15) is 5.26 Å². The second-order valence-corrected chi connectivity index (χ2v) is 9.30. The van der Waals surface area contributed by atoms with Crippen LogP contribution in [0.2, 0.25) is 0 Å². The van der Waals surface area contributed by atoms with Crippen LogP contribution in [0.5, 0.6) is 0 Å². The van der Waals surface area contributed by atoms with E-state index in [1.54, 1.807) is 6.20 Å². The van der Waals surface area contributed by atoms with E-state index < -0.39 is 0 Å². The summed E-state index contributed by atoms with van der Waals surface area (Å²) in [5.41, 5.74) is 10.6. The van der Waals surface area contributed by atoms with Gasteiger partial charge in [-0.05, 0) is 44.2 Å². The number of pyridine rings is 2. The highest BCUT2D eigenvalue weighted by atomic mass is 16.5. The smallest absolute Gasteiger partial charge is 0.125 e. The maximum atomic E-state index is 9.48. The Morgan fingerprint density at radius 2 is 1.94 bits per heavy atom. The molecular formula is C26H31N7O. The van der Waals surface area contributed by atoms with Crippen LogP contribution in [0.15, 0.2) is 42.6 Å². The van der Waals surface area contributed by atoms with Gasteiger partial charge in [0, 0.05) is 80.5 Å². The molecule has 0 saturated carbocycles. The molecule has 1 aromatic carbocycles. The highest BCUT2D eigenvalue weighted by molar-refractivity contribution is 5.95. The molecule has 0 spiro atoms. The van der Waals surface area contributed by atoms with Crippen LogP contribution in [0.3, 0.4) is 0 Å². The molecule has 2 atom stereocenters. The van der Waals surface area contributed by atoms with Crippen LogP contribution >= 0.6 is 0 Å². The summed E-state index contributed by atoms with van der Waals surface area (Å²) in [4.78, 5) is 16.0. The van der Waals surface area contributed by atoms with Crippen LogP contribution in [0.1, 0.15) is 18.2 Å². The highest BCUT2D eigenvalue weighted by Gasteiger charge is 2.29. The summed E-state index contributed by atoms with van der Waals surface area (Å²) in [5.74, 6) is 0.577. The van der Waals surface area contributed by atoms with Gasteiger partial charge in [-0.15, -0.1) is 0 Å². The summed E-state index contributed by atoms with van der Waals surface area (Å²) < 4.78 is 6.35. The fourth-order valence-electron chi connectivity index (χ4n) is 5.20. The number of nitriles is 1. The van der Waals surface area contributed by atoms with Gasteiger partial charge in [-0.1, -0.05) is 0 Å². The number of nitrogens with zero attached hydrogens (tertiary/aromatic N) is 6. The summed E-state index contributed by atoms with van der Waals surface area (Å²) >= 11 is 0. The number of nitrogen functional groups attached to an aromatic ring is 1. The third-order valence-corrected chi connectivity index (χ3v) is 6.69. The van der Waals surface area contributed by atoms with Crippen molar-refractivity contribution in [2.75, 3.05) is 61.3 Å². The van der Waals surface area contributed by atoms with Crippen molar-refractivity contribution in [3.63, 3.8) is 0 Å². The van der Waals surface area contributed by atoms with Gasteiger partial charge in [0.2, 0.25) is 0 Å². The number of fused-ring (bicyclic) bond motifs is 1. The minimum Gasteiger partial charge on any atom is -0.384 e. The number of ether oxygens (including phenoxy) is 1. The van der Waals surface area contributed by atoms with Gasteiger partial charge in [-0.2, -0.15) is 5.26 Å². The molecule has 2 N–H and O–H groups in total. The number of aromatic nitrogens is 2. The number of piperazine rings is 1. The lowest BCUT2D eigenvalue weighted by Crippen LogP contribution is -2.54. The molecule has 8 heteroatoms. The maximum Gasteiger partial charge on any atom is 0.125 e. The van der Waals surface area contributed by atoms with Crippen molar-refractivity contribution in [2.24, 2.45) is 0 Å². The Hall–Kier alpha value is -3.41. The molecule has 0 unspecified atom stereocenters. The van der Waals surface area contributed by atoms with Gasteiger partial charge in [0.15, 0.2) is 0 Å². The standard InChI is InChI=1S/C26H31N7O/c1-18-12-21(13-25(28)30-18)32-10-8-31(9-11-32)16-22-17-33(15-19(2)34-22)24-6-5-20(14-27)26-23(24)4-3-7-29-26/h3-7,12-13,19,22H,8-11,15-17H2,1-2H3,(H2,28,30)/t19-,22+/m1/s1. The first kappa shape index (κ1) is 22.4. The molecular weight excluding hydrogens is 426 g/mol. The largest absolute Gasteiger partial charge is 0.384 e. The van der Waals surface area contributed by atoms with Gasteiger partial charge in [-0.25, -0.2) is 4.98 Å². The van der Waals surface area contributed by atoms with E-state index >= 15 is 0 Å². The molecule has 3 aromatic rings. The Morgan fingerprint density at radius 3 is 2.71 bits per heavy atom. The average molecular weight is 458 g/mol. The Labute approximate surface area is 200 Å². The molecule has 0 bridgehead atoms. The first-order chi connectivity index (χ1) is 16.5. The van der Waals surface area contributed by atoms with Gasteiger partial charge < -0.3 is 20.3 Å². The number of hydrogen-bond acceptors (Lipinski definition) is 8. The summed E-state index contributed by atoms with van der Waals surface area (Å²) in [6.45, 7) is 10.6. The van der Waals surface area contributed by atoms with Crippen molar-refractivity contribution >= 4 is 28.1 Å². The molecule has 34 heavy (non-hydrogen) atoms. The topological polar surface area (TPSA) is 94.5 Å². The van der Waals surface area contributed by atoms with Gasteiger partial charge in [-0.3, -0.25) is 9.88 Å². The van der Waals surface area contributed by atoms with Crippen molar-refractivity contribution in [2.45, 2.75) is 26.1 Å². The number of hydrogen-bond donors (Lipinski definition) is 1. The van der Waals surface area contributed by atoms with Crippen molar-refractivity contribution in [1.29, 1.82) is 5.26 Å². The van der Waals surface area contributed by atoms with E-state index in [0.717, 1.165) is 73.8 Å². The second-order valence-electron chi connectivity index (χ2n) is 9.30. The van der Waals surface area contributed by atoms with E-state index in [0.29, 0.717) is 11.4 Å². The van der Waals surface area contributed by atoms with Crippen molar-refractivity contribution < 1.29 is 4.74 Å². The first-order valence-corrected chi connectivity index (χ1v) is 11.9. The lowest BCUT2D eigenvalue weighted by atomic mass is 10.1. The quantitative estimate of drug-likeness (QED) is 0.639. The van der Waals surface area contributed by atoms with Crippen LogP contribution in [0.4, 0.5) is 17.2 Å². The number of anilines is 3. The second kappa shape index (κ2) is 9.45. The Kier molecular flexibility index (Phi) is 6.22. The fourth-order valence-corrected chi connectivity index (χ4v) is 5.20. The summed E-state index contributed by atoms with van der Waals surface area (Å²) in [6.07, 6.45) is 2.00. The van der Waals surface area contributed by atoms with Gasteiger partial charge >= 0.3 is 0 Å². The number of morpholine rings is 1. The lowest BCUT2D eigenvalue weighted by Gasteiger charge is -2.42. The van der Waals surface area contributed by atoms with E-state index in [4.69, 9.17) is 10.5 Å². The van der Waals surface area contributed by atoms with E-state index in [1.807, 2.05) is 25.1 Å². The molecule has 2 fully saturated rings. The Balaban J connectivity index is 1.26. The lowest BCUT2D eigenvalue weighted by molar-refractivity contribution is -0.0327. The number of aryl methyl sites for hydroxylation is 1. The van der Waals surface area contributed by atoms with Gasteiger partial charge in [0.25, 0.3) is 0 Å². The number of benzene rings is 1. The summed E-state index contributed by atoms with van der Waals surface area (Å²) in [6, 6.07) is 14.3. The first-order valence-electron chi connectivity index (χ1n) is 11.9. The molecule has 8 nitrogen and oxygen atoms in total. The zero-order valence-electron chi connectivity index (χ0n) is 19.8. The average Bonchev–Trinajstić information content (AvgIpc) is 2.83. The minimum absolute atomic E-state index is 0.122. The molecule has 0 aliphatic carbocycles. The monoisotopic (exact) mass is 457 g/mol. The van der Waals surface area contributed by atoms with Crippen LogP contribution in [0.25, 0.3) is 10.9 Å². The molecule has 2 aromatic heterocycles. The van der Waals surface area contributed by atoms with Gasteiger partial charge in [0.1, 0.15) is 11.9 Å². The van der Waals surface area contributed by atoms with E-state index in [-0.39, 0.29) is 12.2 Å². The minimum atomic E-state index is 0.122. The molecule has 0 amide bonds. The van der Waals surface area contributed by atoms with E-state index in [2.05, 4.69) is 55.9 Å². The number of nitrogens with two attached hydrogens (primary N) is 1. The van der Waals surface area contributed by atoms with Crippen molar-refractivity contribution in [1.82, 2.24) is 14.9 Å². The zero-order valence-corrected chi connectivity index (χ0v) is 19.8. The van der Waals surface area contributed by atoms with Crippen LogP contribution < -0.4 is 15.5 Å². The predicted molar refractivity (Wildman–Crippen MR) is 135 cm³/mol. The molecule has 4 heterocycles. The molecule has 5 rings (SSSR count). The van der Waals surface area contributed by atoms with Gasteiger partial charge in [0.05, 0.1) is 23.3 Å². The van der Waals surface area contributed by atoms with Crippen LogP contribution in [-0.4, -0.2) is 72.9 Å². The third kappa shape index (κ3) is 4.63. The fraction of sp³-hybridized carbons (Fsp3) is 0.423. The zero-order chi connectivity index (χ0) is 23.7. The predicted octanol–water partition coefficient (Wildman–Crippen LogP) is 2.81. The summed E-state index contributed by atoms with van der Waals surface area (Å²) in [7, 11) is 0.